The van der Waals surface area contributed by atoms with Crippen LogP contribution in [0, 0.1) is 72.6 Å². The summed E-state index contributed by atoms with van der Waals surface area (Å²) in [6.07, 6.45) is -2.08. The molecule has 0 amide bonds. The van der Waals surface area contributed by atoms with Crippen LogP contribution >= 0.6 is 0 Å². The van der Waals surface area contributed by atoms with E-state index in [1.165, 1.54) is 0 Å². The van der Waals surface area contributed by atoms with Crippen molar-refractivity contribution < 1.29 is 74.0 Å². The fraction of sp³-hybridized carbons (Fsp3) is 0.864. The largest absolute Gasteiger partial charge is 0.389 e. The maximum absolute atomic E-state index is 13.8. The zero-order valence-electron chi connectivity index (χ0n) is 18.3. The van der Waals surface area contributed by atoms with E-state index >= 15 is 0 Å². The Morgan fingerprint density at radius 3 is 2.21 bits per heavy atom. The molecule has 9 atom stereocenters. The summed E-state index contributed by atoms with van der Waals surface area (Å²) in [6.45, 7) is 11.2. The summed E-state index contributed by atoms with van der Waals surface area (Å²) >= 11 is 0. The van der Waals surface area contributed by atoms with E-state index in [0.717, 1.165) is 0 Å². The number of carbonyl (C=O) groups excluding carboxylic acids is 1. The Morgan fingerprint density at radius 2 is 1.69 bits per heavy atom. The van der Waals surface area contributed by atoms with Gasteiger partial charge in [-0.25, -0.2) is 0 Å². The molecule has 4 N–H and O–H groups in total. The molecule has 1 radical (unpaired) electrons. The second-order valence-electron chi connectivity index (χ2n) is 10.6. The molecule has 6 nitrogen and oxygen atoms in total. The van der Waals surface area contributed by atoms with Crippen LogP contribution in [-0.2, 0) is 9.53 Å². The average molecular weight is 622 g/mol. The molecule has 1 saturated heterocycles. The smallest absolute Gasteiger partial charge is 0.172 e. The van der Waals surface area contributed by atoms with Gasteiger partial charge in [-0.3, -0.25) is 4.79 Å². The van der Waals surface area contributed by atoms with E-state index in [1.54, 1.807) is 6.92 Å². The number of hydrogen-bond donors (Lipinski definition) is 4. The van der Waals surface area contributed by atoms with E-state index in [4.69, 9.17) is 4.74 Å². The SMILES string of the molecule is CC1=C2C(O)C(=O)[C@@]3(C)C([C@H](C)C(O)(CC1O)C2(C)C)C1(O)COC1C[C@@H]3C.[Ac]. The number of carbonyl (C=O) groups is 1. The number of aliphatic hydroxyl groups is 4. The van der Waals surface area contributed by atoms with Crippen LogP contribution in [-0.4, -0.2) is 62.3 Å². The van der Waals surface area contributed by atoms with Crippen LogP contribution in [0.4, 0.5) is 0 Å². The standard InChI is InChI=1S/C22H34O6.Ac/c1-10-7-14-21(26,9-28-14)17-12(3)22(27)8-13(23)11(2)15(19(22,4)5)16(24)18(25)20(10,17)6;/h10,12-14,16-17,23-24,26-27H,7-9H2,1-6H3;/t10-,12-,13?,14?,16?,17?,20+,21?,22?;/m0./s1. The minimum atomic E-state index is -1.42. The Kier molecular flexibility index (Phi) is 5.93. The topological polar surface area (TPSA) is 107 Å². The summed E-state index contributed by atoms with van der Waals surface area (Å²) in [6, 6.07) is 0. The van der Waals surface area contributed by atoms with Crippen molar-refractivity contribution in [3.8, 4) is 0 Å². The van der Waals surface area contributed by atoms with Crippen LogP contribution in [0.1, 0.15) is 54.4 Å². The Bertz CT molecular complexity index is 764. The van der Waals surface area contributed by atoms with Gasteiger partial charge in [0.2, 0.25) is 0 Å². The van der Waals surface area contributed by atoms with Gasteiger partial charge >= 0.3 is 0 Å². The Labute approximate surface area is 208 Å². The first kappa shape index (κ1) is 24.3. The Morgan fingerprint density at radius 1 is 1.10 bits per heavy atom. The molecule has 4 rings (SSSR count). The van der Waals surface area contributed by atoms with Crippen LogP contribution in [0.15, 0.2) is 11.1 Å². The van der Waals surface area contributed by atoms with Crippen molar-refractivity contribution in [2.45, 2.75) is 83.9 Å². The summed E-state index contributed by atoms with van der Waals surface area (Å²) in [7, 11) is 0. The molecule has 0 aromatic heterocycles. The first-order valence-corrected chi connectivity index (χ1v) is 10.4. The molecule has 1 aliphatic heterocycles. The molecule has 0 aromatic carbocycles. The van der Waals surface area contributed by atoms with Gasteiger partial charge in [0.15, 0.2) is 5.78 Å². The fourth-order valence-corrected chi connectivity index (χ4v) is 7.30. The van der Waals surface area contributed by atoms with Gasteiger partial charge in [-0.05, 0) is 36.3 Å². The van der Waals surface area contributed by atoms with Gasteiger partial charge in [0.1, 0.15) is 11.7 Å². The van der Waals surface area contributed by atoms with Crippen LogP contribution < -0.4 is 0 Å². The molecule has 29 heavy (non-hydrogen) atoms. The van der Waals surface area contributed by atoms with Crippen LogP contribution in [0.3, 0.4) is 0 Å². The predicted molar refractivity (Wildman–Crippen MR) is 102 cm³/mol. The van der Waals surface area contributed by atoms with Crippen molar-refractivity contribution in [2.75, 3.05) is 6.61 Å². The number of ether oxygens (including phenoxy) is 1. The summed E-state index contributed by atoms with van der Waals surface area (Å²) in [5, 5.41) is 45.5. The maximum atomic E-state index is 13.8. The molecule has 2 saturated carbocycles. The molecule has 6 unspecified atom stereocenters. The maximum Gasteiger partial charge on any atom is 0.172 e. The molecular formula is C22H34AcO6. The second kappa shape index (κ2) is 7.07. The molecule has 0 spiro atoms. The normalized spacial score (nSPS) is 53.7. The van der Waals surface area contributed by atoms with Crippen molar-refractivity contribution >= 4 is 5.78 Å². The van der Waals surface area contributed by atoms with Gasteiger partial charge in [0.05, 0.1) is 24.4 Å². The van der Waals surface area contributed by atoms with E-state index in [0.29, 0.717) is 17.6 Å². The number of hydrogen-bond acceptors (Lipinski definition) is 6. The fourth-order valence-electron chi connectivity index (χ4n) is 7.30. The summed E-state index contributed by atoms with van der Waals surface area (Å²) in [5.74, 6) is -1.51. The van der Waals surface area contributed by atoms with E-state index in [2.05, 4.69) is 0 Å². The molecule has 3 fully saturated rings. The summed E-state index contributed by atoms with van der Waals surface area (Å²) < 4.78 is 5.65. The molecule has 4 aliphatic rings. The zero-order valence-corrected chi connectivity index (χ0v) is 23.0. The van der Waals surface area contributed by atoms with Crippen molar-refractivity contribution in [2.24, 2.45) is 28.6 Å². The third-order valence-corrected chi connectivity index (χ3v) is 9.34. The van der Waals surface area contributed by atoms with Crippen LogP contribution in [0.5, 0.6) is 0 Å². The monoisotopic (exact) mass is 621 g/mol. The second-order valence-corrected chi connectivity index (χ2v) is 10.6. The molecular weight excluding hydrogens is 587 g/mol. The quantitative estimate of drug-likeness (QED) is 0.303. The zero-order chi connectivity index (χ0) is 21.0. The molecule has 2 bridgehead atoms. The molecule has 161 valence electrons. The third kappa shape index (κ3) is 2.71. The van der Waals surface area contributed by atoms with E-state index in [-0.39, 0.29) is 74.9 Å². The van der Waals surface area contributed by atoms with Crippen LogP contribution in [0.25, 0.3) is 0 Å². The Balaban J connectivity index is 0.00000240. The van der Waals surface area contributed by atoms with Crippen molar-refractivity contribution in [1.82, 2.24) is 0 Å². The molecule has 1 heterocycles. The van der Waals surface area contributed by atoms with Crippen molar-refractivity contribution in [3.63, 3.8) is 0 Å². The number of Topliss-reactive ketones (excluding diaryl/α,β-unsaturated/α-hetero) is 1. The van der Waals surface area contributed by atoms with Crippen molar-refractivity contribution in [3.05, 3.63) is 11.1 Å². The van der Waals surface area contributed by atoms with E-state index < -0.39 is 46.1 Å². The minimum absolute atomic E-state index is 0. The van der Waals surface area contributed by atoms with Gasteiger partial charge in [0.25, 0.3) is 0 Å². The van der Waals surface area contributed by atoms with Gasteiger partial charge < -0.3 is 25.2 Å². The summed E-state index contributed by atoms with van der Waals surface area (Å²) in [4.78, 5) is 13.8. The number of rotatable bonds is 0. The summed E-state index contributed by atoms with van der Waals surface area (Å²) in [5.41, 5.74) is -3.55. The number of aliphatic hydroxyl groups excluding tert-OH is 2. The Hall–Kier alpha value is 0.652. The first-order valence-electron chi connectivity index (χ1n) is 10.4. The van der Waals surface area contributed by atoms with Crippen LogP contribution in [0.2, 0.25) is 0 Å². The van der Waals surface area contributed by atoms with E-state index in [9.17, 15) is 25.2 Å². The molecule has 3 aliphatic carbocycles. The number of ketones is 1. The average Bonchev–Trinajstić information content (AvgIpc) is 2.60. The van der Waals surface area contributed by atoms with Gasteiger partial charge in [-0.2, -0.15) is 0 Å². The first-order chi connectivity index (χ1) is 12.7. The molecule has 0 aromatic rings. The van der Waals surface area contributed by atoms with Gasteiger partial charge in [-0.1, -0.05) is 34.6 Å². The number of fused-ring (bicyclic) bond motifs is 5. The predicted octanol–water partition coefficient (Wildman–Crippen LogP) is 1.20. The van der Waals surface area contributed by atoms with E-state index in [1.807, 2.05) is 34.6 Å². The minimum Gasteiger partial charge on any atom is -0.389 e. The van der Waals surface area contributed by atoms with Gasteiger partial charge in [0, 0.05) is 67.2 Å². The molecule has 7 heteroatoms. The van der Waals surface area contributed by atoms with Crippen molar-refractivity contribution in [1.29, 1.82) is 0 Å². The third-order valence-electron chi connectivity index (χ3n) is 9.34. The van der Waals surface area contributed by atoms with Gasteiger partial charge in [-0.15, -0.1) is 0 Å².